The number of amides is 2. The Hall–Kier alpha value is -3.18. The molecule has 1 heterocycles. The molecule has 0 unspecified atom stereocenters. The van der Waals surface area contributed by atoms with Crippen molar-refractivity contribution in [1.29, 1.82) is 0 Å². The van der Waals surface area contributed by atoms with Gasteiger partial charge in [-0.15, -0.1) is 0 Å². The van der Waals surface area contributed by atoms with Crippen LogP contribution in [0.25, 0.3) is 0 Å². The van der Waals surface area contributed by atoms with Gasteiger partial charge in [0.05, 0.1) is 18.0 Å². The van der Waals surface area contributed by atoms with Crippen LogP contribution >= 0.6 is 39.1 Å². The summed E-state index contributed by atoms with van der Waals surface area (Å²) in [4.78, 5) is 24.7. The summed E-state index contributed by atoms with van der Waals surface area (Å²) in [7, 11) is -2.34. The summed E-state index contributed by atoms with van der Waals surface area (Å²) in [6, 6.07) is 18.4. The number of carbonyl (C=O) groups is 2. The van der Waals surface area contributed by atoms with E-state index in [1.807, 2.05) is 28.8 Å². The van der Waals surface area contributed by atoms with Crippen LogP contribution in [-0.2, 0) is 14.8 Å². The Labute approximate surface area is 251 Å². The lowest BCUT2D eigenvalue weighted by molar-refractivity contribution is -0.122. The highest BCUT2D eigenvalue weighted by molar-refractivity contribution is 9.10. The van der Waals surface area contributed by atoms with E-state index in [0.29, 0.717) is 20.2 Å². The molecule has 4 aromatic rings. The number of sulfonamides is 1. The van der Waals surface area contributed by atoms with Crippen molar-refractivity contribution in [2.75, 3.05) is 17.6 Å². The lowest BCUT2D eigenvalue weighted by Crippen LogP contribution is -2.43. The molecule has 0 radical (unpaired) electrons. The van der Waals surface area contributed by atoms with Crippen LogP contribution in [-0.4, -0.2) is 44.1 Å². The van der Waals surface area contributed by atoms with Gasteiger partial charge in [0.25, 0.3) is 5.91 Å². The van der Waals surface area contributed by atoms with Crippen molar-refractivity contribution >= 4 is 72.3 Å². The average molecular weight is 665 g/mol. The third kappa shape index (κ3) is 6.75. The van der Waals surface area contributed by atoms with Crippen LogP contribution in [0, 0.1) is 0 Å². The normalized spacial score (nSPS) is 12.3. The van der Waals surface area contributed by atoms with E-state index in [4.69, 9.17) is 23.2 Å². The zero-order valence-corrected chi connectivity index (χ0v) is 25.6. The first-order valence-electron chi connectivity index (χ1n) is 12.1. The number of hydrogen-bond donors (Lipinski definition) is 2. The summed E-state index contributed by atoms with van der Waals surface area (Å²) in [5.74, 6) is -0.877. The molecule has 0 fully saturated rings. The molecule has 4 rings (SSSR count). The predicted octanol–water partition coefficient (Wildman–Crippen LogP) is 5.88. The number of nitrogens with one attached hydrogen (secondary N) is 2. The van der Waals surface area contributed by atoms with Gasteiger partial charge >= 0.3 is 0 Å². The fourth-order valence-electron chi connectivity index (χ4n) is 4.29. The van der Waals surface area contributed by atoms with Crippen molar-refractivity contribution in [3.8, 4) is 0 Å². The number of nitrogens with zero attached hydrogens (tertiary/aromatic N) is 2. The number of aromatic nitrogens is 1. The van der Waals surface area contributed by atoms with Gasteiger partial charge in [-0.3, -0.25) is 13.9 Å². The zero-order valence-electron chi connectivity index (χ0n) is 21.7. The van der Waals surface area contributed by atoms with Gasteiger partial charge in [0.2, 0.25) is 15.9 Å². The monoisotopic (exact) mass is 663 g/mol. The third-order valence-corrected chi connectivity index (χ3v) is 8.21. The van der Waals surface area contributed by atoms with E-state index in [1.54, 1.807) is 55.7 Å². The minimum Gasteiger partial charge on any atom is -0.445 e. The molecule has 1 aromatic heterocycles. The zero-order chi connectivity index (χ0) is 29.2. The Kier molecular flexibility index (Phi) is 9.04. The van der Waals surface area contributed by atoms with E-state index in [2.05, 4.69) is 26.6 Å². The number of likely N-dealkylation sites (N-methyl/N-ethyl adjacent to an activating group) is 1. The maximum Gasteiger partial charge on any atom is 0.252 e. The molecule has 8 nitrogen and oxygen atoms in total. The van der Waals surface area contributed by atoms with E-state index in [-0.39, 0.29) is 23.2 Å². The lowest BCUT2D eigenvalue weighted by atomic mass is 9.98. The van der Waals surface area contributed by atoms with Gasteiger partial charge in [-0.05, 0) is 66.2 Å². The standard InChI is InChI=1S/C28H26BrCl2N4O4S/c1-17(27(36)32-2)33-28(37)20-12-21(29)14-24(13-20)35(40(3,38)39)25-15-34(16-25)26(18-4-8-22(30)9-5-18)19-6-10-23(31)11-7-19/h4-17,26H,1-3H3,(H,32,36)(H,33,37)/q-1/t17-/m0/s1. The molecule has 3 aromatic carbocycles. The minimum absolute atomic E-state index is 0.186. The Morgan fingerprint density at radius 2 is 1.50 bits per heavy atom. The van der Waals surface area contributed by atoms with Gasteiger partial charge in [0, 0.05) is 27.1 Å². The fourth-order valence-corrected chi connectivity index (χ4v) is 5.99. The van der Waals surface area contributed by atoms with E-state index < -0.39 is 22.0 Å². The molecule has 0 aliphatic carbocycles. The molecule has 40 heavy (non-hydrogen) atoms. The summed E-state index contributed by atoms with van der Waals surface area (Å²) in [6.07, 6.45) is 4.54. The van der Waals surface area contributed by atoms with Crippen LogP contribution in [0.5, 0.6) is 0 Å². The first kappa shape index (κ1) is 29.8. The van der Waals surface area contributed by atoms with Crippen LogP contribution < -0.4 is 14.9 Å². The van der Waals surface area contributed by atoms with Crippen molar-refractivity contribution in [2.45, 2.75) is 19.0 Å². The fraction of sp³-hybridized carbons (Fsp3) is 0.179. The molecule has 0 saturated heterocycles. The Balaban J connectivity index is 1.72. The third-order valence-electron chi connectivity index (χ3n) is 6.16. The second-order valence-electron chi connectivity index (χ2n) is 9.17. The first-order chi connectivity index (χ1) is 18.9. The van der Waals surface area contributed by atoms with Gasteiger partial charge in [-0.2, -0.15) is 0 Å². The second-order valence-corrected chi connectivity index (χ2v) is 12.8. The van der Waals surface area contributed by atoms with E-state index in [0.717, 1.165) is 21.7 Å². The van der Waals surface area contributed by atoms with Crippen LogP contribution in [0.2, 0.25) is 10.0 Å². The van der Waals surface area contributed by atoms with Gasteiger partial charge in [-0.1, -0.05) is 75.8 Å². The maximum atomic E-state index is 13.0. The summed E-state index contributed by atoms with van der Waals surface area (Å²) in [5, 5.41) is 6.29. The number of anilines is 2. The van der Waals surface area contributed by atoms with Crippen LogP contribution in [0.4, 0.5) is 11.4 Å². The number of hydrogen-bond acceptors (Lipinski definition) is 4. The largest absolute Gasteiger partial charge is 0.445 e. The van der Waals surface area contributed by atoms with Gasteiger partial charge in [-0.25, -0.2) is 8.42 Å². The summed E-state index contributed by atoms with van der Waals surface area (Å²) < 4.78 is 29.6. The van der Waals surface area contributed by atoms with Gasteiger partial charge in [0.1, 0.15) is 6.04 Å². The molecule has 2 N–H and O–H groups in total. The molecule has 0 saturated carbocycles. The Morgan fingerprint density at radius 3 is 1.98 bits per heavy atom. The summed E-state index contributed by atoms with van der Waals surface area (Å²) in [5.41, 5.74) is 2.72. The minimum atomic E-state index is -3.81. The van der Waals surface area contributed by atoms with Crippen molar-refractivity contribution in [3.05, 3.63) is 110 Å². The molecule has 210 valence electrons. The second kappa shape index (κ2) is 12.1. The van der Waals surface area contributed by atoms with Crippen molar-refractivity contribution < 1.29 is 18.0 Å². The van der Waals surface area contributed by atoms with Crippen molar-refractivity contribution in [2.24, 2.45) is 0 Å². The highest BCUT2D eigenvalue weighted by Crippen LogP contribution is 2.37. The maximum absolute atomic E-state index is 13.0. The van der Waals surface area contributed by atoms with Gasteiger partial charge < -0.3 is 15.2 Å². The molecular formula is C28H26BrCl2N4O4S-. The number of rotatable bonds is 9. The quantitative estimate of drug-likeness (QED) is 0.219. The van der Waals surface area contributed by atoms with Crippen LogP contribution in [0.3, 0.4) is 0 Å². The summed E-state index contributed by atoms with van der Waals surface area (Å²) >= 11 is 15.6. The molecule has 0 aliphatic rings. The average Bonchev–Trinajstić information content (AvgIpc) is 2.87. The first-order valence-corrected chi connectivity index (χ1v) is 15.5. The van der Waals surface area contributed by atoms with E-state index >= 15 is 0 Å². The van der Waals surface area contributed by atoms with Crippen LogP contribution in [0.1, 0.15) is 34.5 Å². The Morgan fingerprint density at radius 1 is 0.975 bits per heavy atom. The molecule has 2 amide bonds. The Bertz CT molecular complexity index is 1580. The van der Waals surface area contributed by atoms with Crippen LogP contribution in [0.15, 0.2) is 83.6 Å². The van der Waals surface area contributed by atoms with Gasteiger partial charge in [0.15, 0.2) is 0 Å². The molecule has 12 heteroatoms. The van der Waals surface area contributed by atoms with Crippen molar-refractivity contribution in [1.82, 2.24) is 15.2 Å². The molecular weight excluding hydrogens is 639 g/mol. The number of carbonyl (C=O) groups excluding carboxylic acids is 2. The highest BCUT2D eigenvalue weighted by Gasteiger charge is 2.24. The SMILES string of the molecule is CNC(=O)[C@H](C)NC(=O)c1cc(Br)cc(N(c2cn(C(c3ccc(Cl)cc3)c3ccc(Cl)cc3)[cH-]2)S(C)(=O)=O)c1. The van der Waals surface area contributed by atoms with Crippen molar-refractivity contribution in [3.63, 3.8) is 0 Å². The number of halogens is 3. The smallest absolute Gasteiger partial charge is 0.252 e. The highest BCUT2D eigenvalue weighted by atomic mass is 79.9. The molecule has 0 bridgehead atoms. The predicted molar refractivity (Wildman–Crippen MR) is 162 cm³/mol. The summed E-state index contributed by atoms with van der Waals surface area (Å²) in [6.45, 7) is 1.55. The van der Waals surface area contributed by atoms with E-state index in [1.165, 1.54) is 13.1 Å². The number of benzene rings is 3. The molecule has 1 atom stereocenters. The molecule has 0 spiro atoms. The molecule has 0 aliphatic heterocycles. The topological polar surface area (TPSA) is 101 Å². The lowest BCUT2D eigenvalue weighted by Gasteiger charge is -2.36. The van der Waals surface area contributed by atoms with E-state index in [9.17, 15) is 18.0 Å².